The van der Waals surface area contributed by atoms with Gasteiger partial charge in [-0.3, -0.25) is 9.59 Å². The summed E-state index contributed by atoms with van der Waals surface area (Å²) in [6.45, 7) is 3.21. The average Bonchev–Trinajstić information content (AvgIpc) is 2.95. The lowest BCUT2D eigenvalue weighted by Gasteiger charge is -2.44. The molecule has 0 aromatic heterocycles. The average molecular weight is 527 g/mol. The van der Waals surface area contributed by atoms with E-state index in [9.17, 15) is 9.59 Å². The predicted octanol–water partition coefficient (Wildman–Crippen LogP) is 6.36. The zero-order valence-corrected chi connectivity index (χ0v) is 22.8. The Morgan fingerprint density at radius 2 is 1.76 bits per heavy atom. The van der Waals surface area contributed by atoms with Gasteiger partial charge in [-0.2, -0.15) is 0 Å². The maximum absolute atomic E-state index is 13.7. The summed E-state index contributed by atoms with van der Waals surface area (Å²) in [7, 11) is 1.63. The van der Waals surface area contributed by atoms with Gasteiger partial charge >= 0.3 is 0 Å². The van der Waals surface area contributed by atoms with Gasteiger partial charge in [-0.15, -0.1) is 11.8 Å². The molecular weight excluding hydrogens is 492 g/mol. The largest absolute Gasteiger partial charge is 0.497 e. The number of benzene rings is 3. The molecule has 6 heteroatoms. The minimum atomic E-state index is -0.127. The maximum atomic E-state index is 13.7. The summed E-state index contributed by atoms with van der Waals surface area (Å²) in [5.41, 5.74) is 4.96. The second kappa shape index (κ2) is 11.9. The van der Waals surface area contributed by atoms with Crippen molar-refractivity contribution < 1.29 is 14.3 Å². The summed E-state index contributed by atoms with van der Waals surface area (Å²) in [5.74, 6) is 0.775. The zero-order chi connectivity index (χ0) is 26.5. The first-order valence-corrected chi connectivity index (χ1v) is 14.1. The third-order valence-corrected chi connectivity index (χ3v) is 8.90. The first-order valence-electron chi connectivity index (χ1n) is 13.3. The van der Waals surface area contributed by atoms with Crippen LogP contribution in [0, 0.1) is 6.92 Å². The Morgan fingerprint density at radius 1 is 1.03 bits per heavy atom. The predicted molar refractivity (Wildman–Crippen MR) is 154 cm³/mol. The van der Waals surface area contributed by atoms with E-state index in [1.165, 1.54) is 24.0 Å². The van der Waals surface area contributed by atoms with Crippen molar-refractivity contribution in [3.05, 3.63) is 106 Å². The van der Waals surface area contributed by atoms with Crippen LogP contribution >= 0.6 is 11.8 Å². The van der Waals surface area contributed by atoms with Gasteiger partial charge in [0.05, 0.1) is 12.0 Å². The Hall–Kier alpha value is -3.51. The number of hydrogen-bond donors (Lipinski definition) is 1. The van der Waals surface area contributed by atoms with E-state index < -0.39 is 0 Å². The molecule has 1 N–H and O–H groups in total. The number of hydrogen-bond acceptors (Lipinski definition) is 4. The summed E-state index contributed by atoms with van der Waals surface area (Å²) in [4.78, 5) is 29.3. The lowest BCUT2D eigenvalue weighted by molar-refractivity contribution is -0.130. The number of aryl methyl sites for hydroxylation is 1. The summed E-state index contributed by atoms with van der Waals surface area (Å²) >= 11 is 1.74. The first kappa shape index (κ1) is 26.1. The van der Waals surface area contributed by atoms with E-state index in [1.54, 1.807) is 18.9 Å². The van der Waals surface area contributed by atoms with E-state index in [0.717, 1.165) is 34.6 Å². The van der Waals surface area contributed by atoms with Crippen LogP contribution in [0.1, 0.15) is 58.3 Å². The van der Waals surface area contributed by atoms with E-state index >= 15 is 0 Å². The van der Waals surface area contributed by atoms with Crippen molar-refractivity contribution >= 4 is 29.7 Å². The molecule has 1 aliphatic heterocycles. The molecule has 2 fully saturated rings. The van der Waals surface area contributed by atoms with Crippen LogP contribution in [0.15, 0.2) is 77.7 Å². The van der Waals surface area contributed by atoms with Crippen molar-refractivity contribution in [1.82, 2.24) is 10.2 Å². The van der Waals surface area contributed by atoms with E-state index in [4.69, 9.17) is 4.74 Å². The number of carbonyl (C=O) groups excluding carboxylic acids is 2. The molecular formula is C32H34N2O3S. The zero-order valence-electron chi connectivity index (χ0n) is 22.0. The van der Waals surface area contributed by atoms with Crippen LogP contribution in [0.3, 0.4) is 0 Å². The smallest absolute Gasteiger partial charge is 0.260 e. The number of fused-ring (bicyclic) bond motifs is 1. The van der Waals surface area contributed by atoms with Crippen LogP contribution < -0.4 is 10.1 Å². The van der Waals surface area contributed by atoms with Gasteiger partial charge in [0.2, 0.25) is 0 Å². The summed E-state index contributed by atoms with van der Waals surface area (Å²) in [6, 6.07) is 23.7. The number of carbonyl (C=O) groups is 2. The van der Waals surface area contributed by atoms with Gasteiger partial charge in [-0.1, -0.05) is 61.4 Å². The fourth-order valence-corrected chi connectivity index (χ4v) is 6.72. The lowest BCUT2D eigenvalue weighted by atomic mass is 9.92. The van der Waals surface area contributed by atoms with E-state index in [1.807, 2.05) is 60.7 Å². The molecule has 5 rings (SSSR count). The highest BCUT2D eigenvalue weighted by atomic mass is 32.2. The highest BCUT2D eigenvalue weighted by Gasteiger charge is 2.40. The number of nitrogens with zero attached hydrogens (tertiary/aromatic N) is 1. The van der Waals surface area contributed by atoms with E-state index in [0.29, 0.717) is 23.9 Å². The van der Waals surface area contributed by atoms with Crippen LogP contribution in [-0.2, 0) is 17.9 Å². The fraction of sp³-hybridized carbons (Fsp3) is 0.312. The minimum Gasteiger partial charge on any atom is -0.497 e. The van der Waals surface area contributed by atoms with E-state index in [-0.39, 0.29) is 17.9 Å². The van der Waals surface area contributed by atoms with Crippen LogP contribution in [0.2, 0.25) is 0 Å². The molecule has 5 nitrogen and oxygen atoms in total. The number of thioether (sulfide) groups is 1. The molecule has 2 aliphatic rings. The standard InChI is InChI=1S/C32H34N2O3S/c1-22-7-3-4-8-26(22)21-34-28-9-5-6-10-29(28)38-30(32(34)36)19-23-11-15-25(16-12-23)31(35)33-20-24-13-17-27(37-2)18-14-24/h3-4,7-8,11-19,28-29H,5-6,9-10,20-21H2,1-2H3,(H,33,35)/b30-19+. The fourth-order valence-electron chi connectivity index (χ4n) is 5.24. The highest BCUT2D eigenvalue weighted by Crippen LogP contribution is 2.42. The van der Waals surface area contributed by atoms with Crippen molar-refractivity contribution in [2.24, 2.45) is 0 Å². The molecule has 0 bridgehead atoms. The summed E-state index contributed by atoms with van der Waals surface area (Å²) in [6.07, 6.45) is 6.59. The van der Waals surface area contributed by atoms with Gasteiger partial charge in [0.1, 0.15) is 5.75 Å². The molecule has 38 heavy (non-hydrogen) atoms. The molecule has 0 spiro atoms. The first-order chi connectivity index (χ1) is 18.5. The Kier molecular flexibility index (Phi) is 8.18. The van der Waals surface area contributed by atoms with Crippen molar-refractivity contribution in [3.8, 4) is 5.75 Å². The molecule has 1 heterocycles. The van der Waals surface area contributed by atoms with Gasteiger partial charge in [-0.05, 0) is 72.4 Å². The van der Waals surface area contributed by atoms with Gasteiger partial charge in [-0.25, -0.2) is 0 Å². The molecule has 1 saturated carbocycles. The second-order valence-corrected chi connectivity index (χ2v) is 11.3. The van der Waals surface area contributed by atoms with Gasteiger partial charge in [0.25, 0.3) is 11.8 Å². The Morgan fingerprint density at radius 3 is 2.50 bits per heavy atom. The van der Waals surface area contributed by atoms with Crippen molar-refractivity contribution in [3.63, 3.8) is 0 Å². The molecule has 3 aromatic rings. The molecule has 1 saturated heterocycles. The molecule has 196 valence electrons. The molecule has 2 amide bonds. The quantitative estimate of drug-likeness (QED) is 0.364. The van der Waals surface area contributed by atoms with Crippen LogP contribution in [0.5, 0.6) is 5.75 Å². The summed E-state index contributed by atoms with van der Waals surface area (Å²) < 4.78 is 5.18. The second-order valence-electron chi connectivity index (χ2n) is 10.0. The minimum absolute atomic E-state index is 0.114. The third kappa shape index (κ3) is 5.97. The molecule has 0 radical (unpaired) electrons. The number of ether oxygens (including phenoxy) is 1. The molecule has 3 aromatic carbocycles. The van der Waals surface area contributed by atoms with E-state index in [2.05, 4.69) is 35.3 Å². The SMILES string of the molecule is COc1ccc(CNC(=O)c2ccc(/C=C3/SC4CCCCC4N(Cc4ccccc4C)C3=O)cc2)cc1. The van der Waals surface area contributed by atoms with Crippen molar-refractivity contribution in [2.45, 2.75) is 57.0 Å². The Labute approximate surface area is 229 Å². The van der Waals surface area contributed by atoms with Gasteiger partial charge < -0.3 is 15.0 Å². The number of rotatable bonds is 7. The van der Waals surface area contributed by atoms with Gasteiger partial charge in [0, 0.05) is 29.9 Å². The topological polar surface area (TPSA) is 58.6 Å². The van der Waals surface area contributed by atoms with Crippen LogP contribution in [0.4, 0.5) is 0 Å². The summed E-state index contributed by atoms with van der Waals surface area (Å²) in [5, 5.41) is 3.40. The van der Waals surface area contributed by atoms with Gasteiger partial charge in [0.15, 0.2) is 0 Å². The highest BCUT2D eigenvalue weighted by molar-refractivity contribution is 8.04. The maximum Gasteiger partial charge on any atom is 0.260 e. The molecule has 2 unspecified atom stereocenters. The van der Waals surface area contributed by atoms with Crippen LogP contribution in [-0.4, -0.2) is 35.1 Å². The van der Waals surface area contributed by atoms with Crippen LogP contribution in [0.25, 0.3) is 6.08 Å². The third-order valence-electron chi connectivity index (χ3n) is 7.50. The number of amides is 2. The molecule has 2 atom stereocenters. The Bertz CT molecular complexity index is 1320. The molecule has 1 aliphatic carbocycles. The van der Waals surface area contributed by atoms with Crippen molar-refractivity contribution in [1.29, 1.82) is 0 Å². The normalized spacial score (nSPS) is 20.2. The number of methoxy groups -OCH3 is 1. The monoisotopic (exact) mass is 526 g/mol. The van der Waals surface area contributed by atoms with Crippen molar-refractivity contribution in [2.75, 3.05) is 7.11 Å². The lowest BCUT2D eigenvalue weighted by Crippen LogP contribution is -2.50. The number of nitrogens with one attached hydrogen (secondary N) is 1. The Balaban J connectivity index is 1.28.